The van der Waals surface area contributed by atoms with Crippen molar-refractivity contribution in [3.8, 4) is 11.3 Å². The van der Waals surface area contributed by atoms with Gasteiger partial charge in [0, 0.05) is 25.0 Å². The van der Waals surface area contributed by atoms with E-state index < -0.39 is 71.3 Å². The predicted octanol–water partition coefficient (Wildman–Crippen LogP) is 3.65. The SMILES string of the molecule is CCS(=O)(=O)c1cc(-c2ncc(C(F)(F)F)cc2F)cnc1C(=O)N=c1sc(C(F)(F)F)nn1C. The molecule has 0 radical (unpaired) electrons. The number of aromatic nitrogens is 4. The van der Waals surface area contributed by atoms with Gasteiger partial charge in [0.2, 0.25) is 9.81 Å². The Morgan fingerprint density at radius 1 is 1.09 bits per heavy atom. The van der Waals surface area contributed by atoms with Crippen molar-refractivity contribution in [3.05, 3.63) is 51.4 Å². The van der Waals surface area contributed by atoms with Crippen LogP contribution in [0.25, 0.3) is 11.3 Å². The summed E-state index contributed by atoms with van der Waals surface area (Å²) in [5.74, 6) is -3.33. The molecule has 8 nitrogen and oxygen atoms in total. The smallest absolute Gasteiger partial charge is 0.265 e. The minimum Gasteiger partial charge on any atom is -0.265 e. The van der Waals surface area contributed by atoms with Crippen LogP contribution in [0.2, 0.25) is 0 Å². The summed E-state index contributed by atoms with van der Waals surface area (Å²) in [5.41, 5.74) is -3.19. The highest BCUT2D eigenvalue weighted by Crippen LogP contribution is 2.32. The first-order valence-corrected chi connectivity index (χ1v) is 11.7. The van der Waals surface area contributed by atoms with Gasteiger partial charge in [-0.1, -0.05) is 18.3 Å². The zero-order chi connectivity index (χ0) is 26.3. The van der Waals surface area contributed by atoms with Gasteiger partial charge in [0.05, 0.1) is 16.2 Å². The zero-order valence-corrected chi connectivity index (χ0v) is 19.1. The molecule has 1 amide bonds. The van der Waals surface area contributed by atoms with E-state index in [2.05, 4.69) is 20.1 Å². The maximum atomic E-state index is 14.3. The van der Waals surface area contributed by atoms with Crippen LogP contribution in [0.1, 0.15) is 28.0 Å². The highest BCUT2D eigenvalue weighted by atomic mass is 32.2. The monoisotopic (exact) mass is 543 g/mol. The number of alkyl halides is 6. The average molecular weight is 543 g/mol. The summed E-state index contributed by atoms with van der Waals surface area (Å²) in [6, 6.07) is 0.938. The van der Waals surface area contributed by atoms with E-state index in [-0.39, 0.29) is 23.0 Å². The number of hydrogen-bond acceptors (Lipinski definition) is 7. The number of aryl methyl sites for hydroxylation is 1. The Morgan fingerprint density at radius 2 is 1.74 bits per heavy atom. The van der Waals surface area contributed by atoms with Crippen LogP contribution in [0.5, 0.6) is 0 Å². The third kappa shape index (κ3) is 5.55. The van der Waals surface area contributed by atoms with Gasteiger partial charge in [-0.05, 0) is 12.1 Å². The topological polar surface area (TPSA) is 107 Å². The Morgan fingerprint density at radius 3 is 2.26 bits per heavy atom. The van der Waals surface area contributed by atoms with Gasteiger partial charge in [-0.3, -0.25) is 9.78 Å². The molecule has 0 saturated heterocycles. The highest BCUT2D eigenvalue weighted by Gasteiger charge is 2.36. The fourth-order valence-corrected chi connectivity index (χ4v) is 4.44. The van der Waals surface area contributed by atoms with Crippen molar-refractivity contribution in [3.63, 3.8) is 0 Å². The van der Waals surface area contributed by atoms with Crippen molar-refractivity contribution in [1.82, 2.24) is 19.7 Å². The number of pyridine rings is 2. The first kappa shape index (κ1) is 26.4. The molecule has 17 heteroatoms. The van der Waals surface area contributed by atoms with Crippen molar-refractivity contribution in [2.45, 2.75) is 24.2 Å². The number of halogens is 7. The predicted molar refractivity (Wildman–Crippen MR) is 106 cm³/mol. The lowest BCUT2D eigenvalue weighted by molar-refractivity contribution is -0.139. The van der Waals surface area contributed by atoms with E-state index in [9.17, 15) is 43.9 Å². The number of nitrogens with zero attached hydrogens (tertiary/aromatic N) is 5. The summed E-state index contributed by atoms with van der Waals surface area (Å²) < 4.78 is 117. The van der Waals surface area contributed by atoms with Gasteiger partial charge in [0.15, 0.2) is 9.84 Å². The second kappa shape index (κ2) is 9.10. The lowest BCUT2D eigenvalue weighted by atomic mass is 10.1. The zero-order valence-electron chi connectivity index (χ0n) is 17.4. The van der Waals surface area contributed by atoms with Crippen molar-refractivity contribution in [1.29, 1.82) is 0 Å². The number of carbonyl (C=O) groups is 1. The minimum absolute atomic E-state index is 0.0244. The first-order chi connectivity index (χ1) is 16.0. The number of sulfone groups is 1. The lowest BCUT2D eigenvalue weighted by Crippen LogP contribution is -2.18. The first-order valence-electron chi connectivity index (χ1n) is 9.21. The van der Waals surface area contributed by atoms with E-state index in [0.717, 1.165) is 19.3 Å². The molecule has 35 heavy (non-hydrogen) atoms. The molecule has 0 N–H and O–H groups in total. The van der Waals surface area contributed by atoms with Crippen LogP contribution in [0, 0.1) is 5.82 Å². The molecule has 0 aliphatic rings. The Kier molecular flexibility index (Phi) is 6.86. The van der Waals surface area contributed by atoms with Crippen LogP contribution in [0.15, 0.2) is 34.4 Å². The van der Waals surface area contributed by atoms with Crippen molar-refractivity contribution >= 4 is 27.1 Å². The summed E-state index contributed by atoms with van der Waals surface area (Å²) in [5, 5.41) is 1.89. The maximum absolute atomic E-state index is 14.3. The molecular formula is C18H12F7N5O3S2. The maximum Gasteiger partial charge on any atom is 0.445 e. The molecule has 0 aliphatic heterocycles. The highest BCUT2D eigenvalue weighted by molar-refractivity contribution is 7.91. The van der Waals surface area contributed by atoms with Crippen LogP contribution >= 0.6 is 11.3 Å². The van der Waals surface area contributed by atoms with Gasteiger partial charge >= 0.3 is 12.4 Å². The molecular weight excluding hydrogens is 531 g/mol. The largest absolute Gasteiger partial charge is 0.445 e. The van der Waals surface area contributed by atoms with E-state index in [1.54, 1.807) is 0 Å². The van der Waals surface area contributed by atoms with Crippen LogP contribution in [-0.4, -0.2) is 39.8 Å². The summed E-state index contributed by atoms with van der Waals surface area (Å²) in [4.78, 5) is 21.9. The van der Waals surface area contributed by atoms with E-state index >= 15 is 0 Å². The number of amides is 1. The fourth-order valence-electron chi connectivity index (χ4n) is 2.63. The van der Waals surface area contributed by atoms with Crippen molar-refractivity contribution in [2.75, 3.05) is 5.75 Å². The summed E-state index contributed by atoms with van der Waals surface area (Å²) >= 11 is 0.0244. The number of rotatable bonds is 4. The standard InChI is InChI=1S/C18H12F7N5O3S2/c1-3-35(32,33)11-4-8(12-10(19)5-9(7-27-12)17(20,21)22)6-26-13(11)14(31)28-16-30(2)29-15(34-16)18(23,24)25/h4-7H,3H2,1-2H3. The summed E-state index contributed by atoms with van der Waals surface area (Å²) in [6.45, 7) is 1.21. The normalized spacial score (nSPS) is 13.3. The van der Waals surface area contributed by atoms with E-state index in [1.165, 1.54) is 6.92 Å². The molecule has 0 aromatic carbocycles. The van der Waals surface area contributed by atoms with Gasteiger partial charge in [-0.25, -0.2) is 22.5 Å². The van der Waals surface area contributed by atoms with Gasteiger partial charge in [0.1, 0.15) is 17.2 Å². The molecule has 0 spiro atoms. The van der Waals surface area contributed by atoms with Crippen LogP contribution in [-0.2, 0) is 29.2 Å². The van der Waals surface area contributed by atoms with E-state index in [4.69, 9.17) is 0 Å². The Bertz CT molecular complexity index is 1470. The Balaban J connectivity index is 2.15. The van der Waals surface area contributed by atoms with Crippen LogP contribution in [0.4, 0.5) is 30.7 Å². The molecule has 0 saturated carbocycles. The van der Waals surface area contributed by atoms with Crippen LogP contribution in [0.3, 0.4) is 0 Å². The molecule has 3 aromatic rings. The summed E-state index contributed by atoms with van der Waals surface area (Å²) in [7, 11) is -3.16. The molecule has 0 fully saturated rings. The fraction of sp³-hybridized carbons (Fsp3) is 0.278. The Labute approximate surface area is 195 Å². The number of carbonyl (C=O) groups excluding carboxylic acids is 1. The van der Waals surface area contributed by atoms with E-state index in [1.807, 2.05) is 0 Å². The lowest BCUT2D eigenvalue weighted by Gasteiger charge is -2.11. The minimum atomic E-state index is -4.88. The molecule has 3 heterocycles. The molecule has 0 unspecified atom stereocenters. The average Bonchev–Trinajstić information content (AvgIpc) is 3.13. The molecule has 188 valence electrons. The summed E-state index contributed by atoms with van der Waals surface area (Å²) in [6.07, 6.45) is -8.57. The third-order valence-electron chi connectivity index (χ3n) is 4.36. The van der Waals surface area contributed by atoms with Crippen LogP contribution < -0.4 is 4.80 Å². The van der Waals surface area contributed by atoms with Crippen molar-refractivity contribution in [2.24, 2.45) is 12.0 Å². The van der Waals surface area contributed by atoms with Gasteiger partial charge in [-0.2, -0.15) is 36.4 Å². The van der Waals surface area contributed by atoms with E-state index in [0.29, 0.717) is 10.9 Å². The quantitative estimate of drug-likeness (QED) is 0.465. The second-order valence-electron chi connectivity index (χ2n) is 6.75. The molecule has 3 rings (SSSR count). The second-order valence-corrected chi connectivity index (χ2v) is 9.96. The van der Waals surface area contributed by atoms with Gasteiger partial charge < -0.3 is 0 Å². The third-order valence-corrected chi connectivity index (χ3v) is 7.14. The van der Waals surface area contributed by atoms with Crippen molar-refractivity contribution < 1.29 is 43.9 Å². The Hall–Kier alpha value is -3.21. The number of hydrogen-bond donors (Lipinski definition) is 0. The molecule has 0 aliphatic carbocycles. The van der Waals surface area contributed by atoms with Gasteiger partial charge in [-0.15, -0.1) is 0 Å². The molecule has 0 bridgehead atoms. The molecule has 3 aromatic heterocycles. The van der Waals surface area contributed by atoms with Gasteiger partial charge in [0.25, 0.3) is 5.91 Å². The molecule has 0 atom stereocenters.